The van der Waals surface area contributed by atoms with Gasteiger partial charge in [0.05, 0.1) is 0 Å². The summed E-state index contributed by atoms with van der Waals surface area (Å²) in [6.07, 6.45) is 1.29. The van der Waals surface area contributed by atoms with E-state index in [9.17, 15) is 0 Å². The van der Waals surface area contributed by atoms with Crippen molar-refractivity contribution in [3.63, 3.8) is 0 Å². The molecule has 0 fully saturated rings. The summed E-state index contributed by atoms with van der Waals surface area (Å²) >= 11 is 2.41. The van der Waals surface area contributed by atoms with E-state index in [2.05, 4.69) is 36.4 Å². The van der Waals surface area contributed by atoms with Gasteiger partial charge in [0, 0.05) is 23.4 Å². The van der Waals surface area contributed by atoms with Crippen LogP contribution in [-0.2, 0) is 19.5 Å². The molecule has 0 saturated carbocycles. The van der Waals surface area contributed by atoms with Crippen LogP contribution in [0, 0.1) is 0 Å². The fourth-order valence-electron chi connectivity index (χ4n) is 0. The summed E-state index contributed by atoms with van der Waals surface area (Å²) in [6, 6.07) is 0. The van der Waals surface area contributed by atoms with Crippen LogP contribution in [0.4, 0.5) is 0 Å². The predicted molar refractivity (Wildman–Crippen MR) is 33.8 cm³/mol. The SMILES string of the molecule is CCC(C)I.[Rh]. The second-order valence-corrected chi connectivity index (χ2v) is 3.32. The van der Waals surface area contributed by atoms with Crippen molar-refractivity contribution in [2.45, 2.75) is 24.2 Å². The van der Waals surface area contributed by atoms with Crippen molar-refractivity contribution in [1.82, 2.24) is 0 Å². The molecule has 0 rings (SSSR count). The summed E-state index contributed by atoms with van der Waals surface area (Å²) in [5.41, 5.74) is 0. The Morgan fingerprint density at radius 1 is 1.67 bits per heavy atom. The van der Waals surface area contributed by atoms with Gasteiger partial charge in [-0.05, 0) is 6.42 Å². The molecule has 0 nitrogen and oxygen atoms in total. The molecule has 1 unspecified atom stereocenters. The van der Waals surface area contributed by atoms with E-state index in [1.54, 1.807) is 0 Å². The summed E-state index contributed by atoms with van der Waals surface area (Å²) < 4.78 is 0.854. The first-order valence-corrected chi connectivity index (χ1v) is 3.16. The Balaban J connectivity index is 0. The maximum atomic E-state index is 2.41. The summed E-state index contributed by atoms with van der Waals surface area (Å²) in [6.45, 7) is 4.40. The molecule has 0 aromatic rings. The van der Waals surface area contributed by atoms with Gasteiger partial charge in [0.2, 0.25) is 0 Å². The van der Waals surface area contributed by atoms with Crippen LogP contribution in [0.15, 0.2) is 0 Å². The van der Waals surface area contributed by atoms with Crippen molar-refractivity contribution in [2.24, 2.45) is 0 Å². The zero-order valence-electron chi connectivity index (χ0n) is 4.00. The third kappa shape index (κ3) is 9.02. The number of hydrogen-bond acceptors (Lipinski definition) is 0. The molecule has 0 aliphatic heterocycles. The number of halogens is 1. The van der Waals surface area contributed by atoms with Crippen molar-refractivity contribution in [3.05, 3.63) is 0 Å². The van der Waals surface area contributed by atoms with Crippen molar-refractivity contribution < 1.29 is 19.5 Å². The zero-order chi connectivity index (χ0) is 4.28. The Labute approximate surface area is 66.0 Å². The molecule has 0 amide bonds. The Morgan fingerprint density at radius 3 is 1.83 bits per heavy atom. The molecule has 1 radical (unpaired) electrons. The second kappa shape index (κ2) is 6.35. The average Bonchev–Trinajstić information content (AvgIpc) is 1.38. The largest absolute Gasteiger partial charge is 0.0829 e. The number of rotatable bonds is 1. The van der Waals surface area contributed by atoms with E-state index < -0.39 is 0 Å². The molecular weight excluding hydrogens is 278 g/mol. The maximum absolute atomic E-state index is 2.41. The van der Waals surface area contributed by atoms with Crippen LogP contribution in [0.2, 0.25) is 0 Å². The van der Waals surface area contributed by atoms with Crippen LogP contribution in [0.5, 0.6) is 0 Å². The van der Waals surface area contributed by atoms with Crippen LogP contribution in [0.1, 0.15) is 20.3 Å². The molecule has 0 aliphatic carbocycles. The van der Waals surface area contributed by atoms with Gasteiger partial charge < -0.3 is 0 Å². The molecule has 0 N–H and O–H groups in total. The van der Waals surface area contributed by atoms with Crippen LogP contribution in [0.3, 0.4) is 0 Å². The van der Waals surface area contributed by atoms with Gasteiger partial charge in [-0.15, -0.1) is 0 Å². The minimum atomic E-state index is 0. The molecule has 41 valence electrons. The Kier molecular flexibility index (Phi) is 11.0. The van der Waals surface area contributed by atoms with E-state index in [4.69, 9.17) is 0 Å². The van der Waals surface area contributed by atoms with Gasteiger partial charge in [-0.3, -0.25) is 0 Å². The Hall–Kier alpha value is 1.35. The van der Waals surface area contributed by atoms with E-state index in [1.165, 1.54) is 6.42 Å². The quantitative estimate of drug-likeness (QED) is 0.394. The van der Waals surface area contributed by atoms with E-state index >= 15 is 0 Å². The summed E-state index contributed by atoms with van der Waals surface area (Å²) in [7, 11) is 0. The van der Waals surface area contributed by atoms with E-state index in [0.29, 0.717) is 0 Å². The monoisotopic (exact) mass is 287 g/mol. The topological polar surface area (TPSA) is 0 Å². The fraction of sp³-hybridized carbons (Fsp3) is 1.00. The molecule has 0 aliphatic rings. The molecule has 0 saturated heterocycles. The molecular formula is C4H9IRh. The van der Waals surface area contributed by atoms with Gasteiger partial charge >= 0.3 is 0 Å². The first kappa shape index (κ1) is 10.4. The molecule has 2 heteroatoms. The minimum Gasteiger partial charge on any atom is -0.0829 e. The van der Waals surface area contributed by atoms with E-state index in [0.717, 1.165) is 3.92 Å². The van der Waals surface area contributed by atoms with Crippen molar-refractivity contribution in [1.29, 1.82) is 0 Å². The number of alkyl halides is 1. The predicted octanol–water partition coefficient (Wildman–Crippen LogP) is 2.22. The molecule has 0 bridgehead atoms. The van der Waals surface area contributed by atoms with Crippen molar-refractivity contribution in [2.75, 3.05) is 0 Å². The third-order valence-corrected chi connectivity index (χ3v) is 1.44. The molecule has 0 heterocycles. The van der Waals surface area contributed by atoms with Gasteiger partial charge in [0.25, 0.3) is 0 Å². The fourth-order valence-corrected chi connectivity index (χ4v) is 0. The number of hydrogen-bond donors (Lipinski definition) is 0. The Morgan fingerprint density at radius 2 is 1.83 bits per heavy atom. The van der Waals surface area contributed by atoms with Crippen LogP contribution >= 0.6 is 22.6 Å². The van der Waals surface area contributed by atoms with E-state index in [1.807, 2.05) is 0 Å². The maximum Gasteiger partial charge on any atom is 0.00787 e. The van der Waals surface area contributed by atoms with Gasteiger partial charge in [-0.25, -0.2) is 0 Å². The first-order valence-electron chi connectivity index (χ1n) is 1.91. The van der Waals surface area contributed by atoms with Crippen LogP contribution < -0.4 is 0 Å². The summed E-state index contributed by atoms with van der Waals surface area (Å²) in [5.74, 6) is 0. The molecule has 0 aromatic carbocycles. The van der Waals surface area contributed by atoms with Crippen LogP contribution in [0.25, 0.3) is 0 Å². The smallest absolute Gasteiger partial charge is 0.00787 e. The van der Waals surface area contributed by atoms with E-state index in [-0.39, 0.29) is 19.5 Å². The van der Waals surface area contributed by atoms with Crippen molar-refractivity contribution >= 4 is 22.6 Å². The molecule has 0 aromatic heterocycles. The first-order chi connectivity index (χ1) is 2.27. The van der Waals surface area contributed by atoms with Gasteiger partial charge in [0.1, 0.15) is 0 Å². The van der Waals surface area contributed by atoms with Crippen LogP contribution in [-0.4, -0.2) is 3.92 Å². The van der Waals surface area contributed by atoms with Gasteiger partial charge in [-0.2, -0.15) is 0 Å². The average molecular weight is 287 g/mol. The normalized spacial score (nSPS) is 12.5. The zero-order valence-corrected chi connectivity index (χ0v) is 7.79. The van der Waals surface area contributed by atoms with Gasteiger partial charge in [0.15, 0.2) is 0 Å². The molecule has 1 atom stereocenters. The Bertz CT molecular complexity index is 21.5. The molecule has 6 heavy (non-hydrogen) atoms. The third-order valence-electron chi connectivity index (χ3n) is 0.563. The molecule has 0 spiro atoms. The summed E-state index contributed by atoms with van der Waals surface area (Å²) in [5, 5.41) is 0. The minimum absolute atomic E-state index is 0. The summed E-state index contributed by atoms with van der Waals surface area (Å²) in [4.78, 5) is 0. The second-order valence-electron chi connectivity index (χ2n) is 1.19. The standard InChI is InChI=1S/C4H9I.Rh/c1-3-4(2)5;/h4H,3H2,1-2H3;. The van der Waals surface area contributed by atoms with Gasteiger partial charge in [-0.1, -0.05) is 36.4 Å². The van der Waals surface area contributed by atoms with Crippen molar-refractivity contribution in [3.8, 4) is 0 Å².